The summed E-state index contributed by atoms with van der Waals surface area (Å²) in [6, 6.07) is 0. The Kier molecular flexibility index (Phi) is 20.6. The molecule has 9 heteroatoms. The molecule has 9 heavy (non-hydrogen) atoms. The maximum Gasteiger partial charge on any atom is 1.00 e. The van der Waals surface area contributed by atoms with E-state index in [0.29, 0.717) is 0 Å². The van der Waals surface area contributed by atoms with Gasteiger partial charge in [-0.2, -0.15) is 0 Å². The minimum Gasteiger partial charge on any atom is -0.907 e. The summed E-state index contributed by atoms with van der Waals surface area (Å²) in [4.78, 5) is 17.0. The summed E-state index contributed by atoms with van der Waals surface area (Å²) in [5.41, 5.74) is 0. The molecule has 0 aromatic heterocycles. The number of hydrogen-bond donors (Lipinski definition) is 0. The van der Waals surface area contributed by atoms with Crippen LogP contribution in [-0.2, 0) is 4.46 Å². The molecule has 6 nitrogen and oxygen atoms in total. The molecule has 0 heterocycles. The van der Waals surface area contributed by atoms with Crippen molar-refractivity contribution in [2.75, 3.05) is 0 Å². The summed E-state index contributed by atoms with van der Waals surface area (Å²) >= 11 is 0. The Labute approximate surface area is 75.1 Å². The predicted octanol–water partition coefficient (Wildman–Crippen LogP) is -9.82. The fourth-order valence-electron chi connectivity index (χ4n) is 0. The second kappa shape index (κ2) is 11.4. The molecule has 0 saturated carbocycles. The molecule has 0 atom stereocenters. The van der Waals surface area contributed by atoms with E-state index in [1.165, 1.54) is 0 Å². The van der Waals surface area contributed by atoms with Crippen molar-refractivity contribution in [3.8, 4) is 0 Å². The minimum atomic E-state index is -3.63. The van der Waals surface area contributed by atoms with E-state index in [2.05, 4.69) is 0 Å². The van der Waals surface area contributed by atoms with Crippen molar-refractivity contribution >= 4 is 16.5 Å². The molecule has 0 aromatic rings. The molecule has 0 amide bonds. The Hall–Kier alpha value is 0.562. The van der Waals surface area contributed by atoms with Crippen LogP contribution in [0.1, 0.15) is 0 Å². The first-order valence-electron chi connectivity index (χ1n) is 1.32. The second-order valence-corrected chi connectivity index (χ2v) is 1.04. The standard InChI is InChI=1S/BO3.Na.O3Si/c2-1(3)4;;1-4(2)3/q-3;+1;-2. The van der Waals surface area contributed by atoms with Gasteiger partial charge in [0, 0.05) is 9.17 Å². The van der Waals surface area contributed by atoms with Crippen molar-refractivity contribution in [1.82, 2.24) is 0 Å². The fraction of sp³-hybridized carbons (Fsp3) is 0. The normalized spacial score (nSPS) is 5.67. The van der Waals surface area contributed by atoms with E-state index in [1.54, 1.807) is 0 Å². The zero-order valence-electron chi connectivity index (χ0n) is 4.53. The van der Waals surface area contributed by atoms with Crippen LogP contribution in [0.4, 0.5) is 0 Å². The van der Waals surface area contributed by atoms with Crippen molar-refractivity contribution < 1.29 is 58.7 Å². The largest absolute Gasteiger partial charge is 1.00 e. The van der Waals surface area contributed by atoms with E-state index in [4.69, 9.17) is 29.1 Å². The smallest absolute Gasteiger partial charge is 0.907 e. The van der Waals surface area contributed by atoms with Crippen LogP contribution in [0.15, 0.2) is 0 Å². The van der Waals surface area contributed by atoms with Crippen LogP contribution in [0.2, 0.25) is 0 Å². The van der Waals surface area contributed by atoms with E-state index in [0.717, 1.165) is 0 Å². The van der Waals surface area contributed by atoms with Gasteiger partial charge in [-0.3, -0.25) is 7.32 Å². The molecule has 0 N–H and O–H groups in total. The molecule has 0 radical (unpaired) electrons. The summed E-state index contributed by atoms with van der Waals surface area (Å²) in [5.74, 6) is 0. The summed E-state index contributed by atoms with van der Waals surface area (Å²) in [6.07, 6.45) is 0. The molecule has 0 spiro atoms. The van der Waals surface area contributed by atoms with E-state index >= 15 is 0 Å². The van der Waals surface area contributed by atoms with Gasteiger partial charge in [0.1, 0.15) is 0 Å². The molecular weight excluding hydrogens is 158 g/mol. The van der Waals surface area contributed by atoms with Crippen LogP contribution in [0.25, 0.3) is 0 Å². The van der Waals surface area contributed by atoms with Gasteiger partial charge in [-0.1, -0.05) is 0 Å². The first-order chi connectivity index (χ1) is 3.46. The third-order valence-electron chi connectivity index (χ3n) is 0. The Morgan fingerprint density at radius 1 is 1.11 bits per heavy atom. The third kappa shape index (κ3) is 1170. The average molecular weight is 158 g/mol. The molecule has 0 aliphatic rings. The van der Waals surface area contributed by atoms with Gasteiger partial charge in [0.25, 0.3) is 0 Å². The van der Waals surface area contributed by atoms with Crippen molar-refractivity contribution in [2.45, 2.75) is 0 Å². The monoisotopic (exact) mass is 158 g/mol. The summed E-state index contributed by atoms with van der Waals surface area (Å²) in [5, 5.41) is 25.2. The van der Waals surface area contributed by atoms with Crippen LogP contribution in [0, 0.1) is 0 Å². The zero-order chi connectivity index (χ0) is 7.15. The average Bonchev–Trinajstić information content (AvgIpc) is 1.25. The van der Waals surface area contributed by atoms with Gasteiger partial charge in [-0.15, -0.1) is 0 Å². The van der Waals surface area contributed by atoms with E-state index < -0.39 is 16.5 Å². The molecule has 0 saturated heterocycles. The van der Waals surface area contributed by atoms with E-state index in [9.17, 15) is 0 Å². The maximum atomic E-state index is 8.52. The second-order valence-electron chi connectivity index (χ2n) is 0.539. The number of rotatable bonds is 0. The van der Waals surface area contributed by atoms with Crippen LogP contribution < -0.4 is 54.2 Å². The molecule has 0 bridgehead atoms. The molecule has 0 aromatic carbocycles. The third-order valence-corrected chi connectivity index (χ3v) is 0. The van der Waals surface area contributed by atoms with Crippen molar-refractivity contribution in [3.05, 3.63) is 0 Å². The molecule has 0 rings (SSSR count). The van der Waals surface area contributed by atoms with Crippen LogP contribution >= 0.6 is 0 Å². The SMILES string of the molecule is O=[Si]([O-])[O-].[Na+].[O-]B([O-])[O-]. The number of hydrogen-bond acceptors (Lipinski definition) is 6. The Bertz CT molecular complexity index is 57.3. The van der Waals surface area contributed by atoms with Crippen molar-refractivity contribution in [2.24, 2.45) is 0 Å². The molecule has 0 unspecified atom stereocenters. The molecule has 48 valence electrons. The first-order valence-corrected chi connectivity index (χ1v) is 2.54. The Morgan fingerprint density at radius 2 is 1.11 bits per heavy atom. The first kappa shape index (κ1) is 16.3. The van der Waals surface area contributed by atoms with Crippen molar-refractivity contribution in [3.63, 3.8) is 0 Å². The Morgan fingerprint density at radius 3 is 1.11 bits per heavy atom. The van der Waals surface area contributed by atoms with E-state index in [-0.39, 0.29) is 29.6 Å². The molecule has 0 aliphatic carbocycles. The molecular formula is BNaO6Si-4. The Balaban J connectivity index is -0.0000000720. The van der Waals surface area contributed by atoms with Crippen LogP contribution in [0.5, 0.6) is 0 Å². The minimum absolute atomic E-state index is 0. The van der Waals surface area contributed by atoms with Gasteiger partial charge in [-0.05, 0) is 0 Å². The van der Waals surface area contributed by atoms with Gasteiger partial charge < -0.3 is 29.1 Å². The zero-order valence-corrected chi connectivity index (χ0v) is 7.53. The maximum absolute atomic E-state index is 8.52. The van der Waals surface area contributed by atoms with Gasteiger partial charge in [0.2, 0.25) is 0 Å². The predicted molar refractivity (Wildman–Crippen MR) is 12.2 cm³/mol. The van der Waals surface area contributed by atoms with Gasteiger partial charge in [-0.25, -0.2) is 0 Å². The van der Waals surface area contributed by atoms with E-state index in [1.807, 2.05) is 0 Å². The van der Waals surface area contributed by atoms with Gasteiger partial charge in [0.15, 0.2) is 0 Å². The fourth-order valence-corrected chi connectivity index (χ4v) is 0. The van der Waals surface area contributed by atoms with Crippen LogP contribution in [-0.4, -0.2) is 16.5 Å². The van der Waals surface area contributed by atoms with Gasteiger partial charge in [0.05, 0.1) is 0 Å². The van der Waals surface area contributed by atoms with Crippen molar-refractivity contribution in [1.29, 1.82) is 0 Å². The van der Waals surface area contributed by atoms with Gasteiger partial charge >= 0.3 is 29.6 Å². The molecule has 0 aliphatic heterocycles. The molecule has 0 fully saturated rings. The van der Waals surface area contributed by atoms with Crippen LogP contribution in [0.3, 0.4) is 0 Å². The summed E-state index contributed by atoms with van der Waals surface area (Å²) < 4.78 is 8.52. The summed E-state index contributed by atoms with van der Waals surface area (Å²) in [7, 11) is -6.55. The quantitative estimate of drug-likeness (QED) is 0.321. The summed E-state index contributed by atoms with van der Waals surface area (Å²) in [6.45, 7) is 0. The topological polar surface area (TPSA) is 132 Å².